The molecule has 2 heterocycles. The smallest absolute Gasteiger partial charge is 0.191 e. The molecule has 0 saturated carbocycles. The molecule has 5 nitrogen and oxygen atoms in total. The van der Waals surface area contributed by atoms with Crippen molar-refractivity contribution >= 4 is 5.96 Å². The van der Waals surface area contributed by atoms with Crippen LogP contribution < -0.4 is 5.73 Å². The third-order valence-electron chi connectivity index (χ3n) is 4.86. The first-order valence-electron chi connectivity index (χ1n) is 8.61. The van der Waals surface area contributed by atoms with Crippen molar-refractivity contribution in [1.82, 2.24) is 14.7 Å². The number of likely N-dealkylation sites (N-methyl/N-ethyl adjacent to an activating group) is 1. The molecule has 0 aromatic carbocycles. The molecule has 0 atom stereocenters. The number of piperazine rings is 1. The summed E-state index contributed by atoms with van der Waals surface area (Å²) in [5.41, 5.74) is 6.09. The Morgan fingerprint density at radius 1 is 1.05 bits per heavy atom. The number of guanidine groups is 1. The summed E-state index contributed by atoms with van der Waals surface area (Å²) in [5, 5.41) is 0. The van der Waals surface area contributed by atoms with Gasteiger partial charge in [-0.1, -0.05) is 6.92 Å². The number of nitrogens with two attached hydrogens (primary N) is 1. The minimum atomic E-state index is 0.765. The van der Waals surface area contributed by atoms with E-state index in [4.69, 9.17) is 5.73 Å². The van der Waals surface area contributed by atoms with Crippen molar-refractivity contribution in [3.8, 4) is 0 Å². The molecule has 2 fully saturated rings. The lowest BCUT2D eigenvalue weighted by atomic mass is 10.00. The van der Waals surface area contributed by atoms with Gasteiger partial charge >= 0.3 is 0 Å². The van der Waals surface area contributed by atoms with Crippen molar-refractivity contribution in [2.75, 3.05) is 59.4 Å². The van der Waals surface area contributed by atoms with E-state index in [0.29, 0.717) is 0 Å². The predicted octanol–water partition coefficient (Wildman–Crippen LogP) is 1.06. The lowest BCUT2D eigenvalue weighted by Gasteiger charge is -2.32. The molecule has 0 aromatic rings. The van der Waals surface area contributed by atoms with Crippen LogP contribution in [0, 0.1) is 5.92 Å². The summed E-state index contributed by atoms with van der Waals surface area (Å²) in [6.07, 6.45) is 4.88. The zero-order chi connectivity index (χ0) is 15.1. The second kappa shape index (κ2) is 8.59. The summed E-state index contributed by atoms with van der Waals surface area (Å²) in [6.45, 7) is 11.4. The summed E-state index contributed by atoms with van der Waals surface area (Å²) >= 11 is 0. The topological polar surface area (TPSA) is 48.1 Å². The average molecular weight is 295 g/mol. The van der Waals surface area contributed by atoms with Crippen molar-refractivity contribution in [2.45, 2.75) is 32.6 Å². The normalized spacial score (nSPS) is 23.7. The van der Waals surface area contributed by atoms with Crippen LogP contribution in [0.3, 0.4) is 0 Å². The van der Waals surface area contributed by atoms with Gasteiger partial charge in [0, 0.05) is 45.8 Å². The second-order valence-electron chi connectivity index (χ2n) is 6.76. The average Bonchev–Trinajstić information content (AvgIpc) is 2.49. The van der Waals surface area contributed by atoms with Crippen molar-refractivity contribution in [1.29, 1.82) is 0 Å². The Bertz CT molecular complexity index is 315. The van der Waals surface area contributed by atoms with Gasteiger partial charge in [0.25, 0.3) is 0 Å². The maximum Gasteiger partial charge on any atom is 0.191 e. The molecule has 2 N–H and O–H groups in total. The van der Waals surface area contributed by atoms with E-state index in [1.807, 2.05) is 0 Å². The highest BCUT2D eigenvalue weighted by atomic mass is 15.3. The molecule has 0 spiro atoms. The number of hydrogen-bond donors (Lipinski definition) is 1. The van der Waals surface area contributed by atoms with Crippen molar-refractivity contribution in [3.63, 3.8) is 0 Å². The Kier molecular flexibility index (Phi) is 6.77. The quantitative estimate of drug-likeness (QED) is 0.468. The molecular weight excluding hydrogens is 262 g/mol. The molecule has 2 rings (SSSR count). The first kappa shape index (κ1) is 16.6. The number of unbranched alkanes of at least 4 members (excludes halogenated alkanes) is 1. The molecule has 5 heteroatoms. The fourth-order valence-corrected chi connectivity index (χ4v) is 3.05. The van der Waals surface area contributed by atoms with Crippen molar-refractivity contribution < 1.29 is 0 Å². The summed E-state index contributed by atoms with van der Waals surface area (Å²) in [6, 6.07) is 0. The summed E-state index contributed by atoms with van der Waals surface area (Å²) in [7, 11) is 2.20. The van der Waals surface area contributed by atoms with Gasteiger partial charge in [-0.3, -0.25) is 4.99 Å². The van der Waals surface area contributed by atoms with E-state index in [-0.39, 0.29) is 0 Å². The molecule has 0 radical (unpaired) electrons. The largest absolute Gasteiger partial charge is 0.370 e. The van der Waals surface area contributed by atoms with Crippen LogP contribution in [-0.2, 0) is 0 Å². The number of rotatable bonds is 5. The van der Waals surface area contributed by atoms with Crippen LogP contribution in [0.25, 0.3) is 0 Å². The van der Waals surface area contributed by atoms with Crippen molar-refractivity contribution in [2.24, 2.45) is 16.6 Å². The van der Waals surface area contributed by atoms with Crippen LogP contribution in [0.5, 0.6) is 0 Å². The molecule has 2 aliphatic heterocycles. The van der Waals surface area contributed by atoms with E-state index >= 15 is 0 Å². The Labute approximate surface area is 130 Å². The number of hydrogen-bond acceptors (Lipinski definition) is 3. The first-order chi connectivity index (χ1) is 10.1. The number of piperidine rings is 1. The lowest BCUT2D eigenvalue weighted by Crippen LogP contribution is -2.44. The molecule has 0 aromatic heterocycles. The number of likely N-dealkylation sites (tertiary alicyclic amines) is 1. The van der Waals surface area contributed by atoms with Gasteiger partial charge in [-0.2, -0.15) is 0 Å². The Balaban J connectivity index is 1.55. The van der Waals surface area contributed by atoms with Gasteiger partial charge in [0.15, 0.2) is 5.96 Å². The highest BCUT2D eigenvalue weighted by Crippen LogP contribution is 2.15. The summed E-state index contributed by atoms with van der Waals surface area (Å²) in [5.74, 6) is 1.61. The zero-order valence-electron chi connectivity index (χ0n) is 13.9. The maximum atomic E-state index is 6.09. The van der Waals surface area contributed by atoms with Gasteiger partial charge in [0.2, 0.25) is 0 Å². The van der Waals surface area contributed by atoms with Gasteiger partial charge in [-0.25, -0.2) is 0 Å². The van der Waals surface area contributed by atoms with E-state index < -0.39 is 0 Å². The van der Waals surface area contributed by atoms with Gasteiger partial charge in [-0.05, 0) is 45.2 Å². The van der Waals surface area contributed by atoms with Crippen LogP contribution in [0.15, 0.2) is 4.99 Å². The van der Waals surface area contributed by atoms with E-state index in [1.165, 1.54) is 52.0 Å². The highest BCUT2D eigenvalue weighted by Gasteiger charge is 2.16. The van der Waals surface area contributed by atoms with E-state index in [2.05, 4.69) is 33.7 Å². The third-order valence-corrected chi connectivity index (χ3v) is 4.86. The summed E-state index contributed by atoms with van der Waals surface area (Å²) < 4.78 is 0. The molecule has 0 bridgehead atoms. The Morgan fingerprint density at radius 3 is 2.38 bits per heavy atom. The lowest BCUT2D eigenvalue weighted by molar-refractivity contribution is 0.152. The van der Waals surface area contributed by atoms with Gasteiger partial charge in [0.05, 0.1) is 0 Å². The Hall–Kier alpha value is -0.810. The van der Waals surface area contributed by atoms with Gasteiger partial charge in [-0.15, -0.1) is 0 Å². The van der Waals surface area contributed by atoms with E-state index in [0.717, 1.165) is 37.9 Å². The highest BCUT2D eigenvalue weighted by molar-refractivity contribution is 5.78. The SMILES string of the molecule is CC1CCN(C(N)=NCCCCN2CCN(C)CC2)CC1. The van der Waals surface area contributed by atoms with Crippen LogP contribution in [0.1, 0.15) is 32.6 Å². The van der Waals surface area contributed by atoms with Crippen LogP contribution in [0.2, 0.25) is 0 Å². The van der Waals surface area contributed by atoms with E-state index in [9.17, 15) is 0 Å². The third kappa shape index (κ3) is 5.83. The summed E-state index contributed by atoms with van der Waals surface area (Å²) in [4.78, 5) is 11.8. The van der Waals surface area contributed by atoms with Gasteiger partial charge in [0.1, 0.15) is 0 Å². The predicted molar refractivity (Wildman–Crippen MR) is 89.6 cm³/mol. The number of nitrogens with zero attached hydrogens (tertiary/aromatic N) is 4. The monoisotopic (exact) mass is 295 g/mol. The van der Waals surface area contributed by atoms with Crippen LogP contribution in [0.4, 0.5) is 0 Å². The van der Waals surface area contributed by atoms with Gasteiger partial charge < -0.3 is 20.4 Å². The fourth-order valence-electron chi connectivity index (χ4n) is 3.05. The molecule has 0 unspecified atom stereocenters. The van der Waals surface area contributed by atoms with E-state index in [1.54, 1.807) is 0 Å². The zero-order valence-corrected chi connectivity index (χ0v) is 13.9. The first-order valence-corrected chi connectivity index (χ1v) is 8.61. The molecule has 122 valence electrons. The molecule has 0 aliphatic carbocycles. The Morgan fingerprint density at radius 2 is 1.71 bits per heavy atom. The molecular formula is C16H33N5. The van der Waals surface area contributed by atoms with Crippen molar-refractivity contribution in [3.05, 3.63) is 0 Å². The molecule has 21 heavy (non-hydrogen) atoms. The molecule has 2 saturated heterocycles. The standard InChI is InChI=1S/C16H33N5/c1-15-5-9-21(10-6-15)16(17)18-7-3-4-8-20-13-11-19(2)12-14-20/h15H,3-14H2,1-2H3,(H2,17,18). The minimum absolute atomic E-state index is 0.765. The van der Waals surface area contributed by atoms with Crippen LogP contribution >= 0.6 is 0 Å². The maximum absolute atomic E-state index is 6.09. The fraction of sp³-hybridized carbons (Fsp3) is 0.938. The second-order valence-corrected chi connectivity index (χ2v) is 6.76. The van der Waals surface area contributed by atoms with Crippen LogP contribution in [-0.4, -0.2) is 80.1 Å². The minimum Gasteiger partial charge on any atom is -0.370 e. The number of aliphatic imine (C=N–C) groups is 1. The molecule has 2 aliphatic rings. The molecule has 0 amide bonds.